The van der Waals surface area contributed by atoms with Crippen molar-refractivity contribution < 1.29 is 4.79 Å². The molecule has 0 spiro atoms. The quantitative estimate of drug-likeness (QED) is 0.777. The van der Waals surface area contributed by atoms with Crippen molar-refractivity contribution in [1.29, 1.82) is 0 Å². The second kappa shape index (κ2) is 5.88. The largest absolute Gasteiger partial charge is 0.352 e. The summed E-state index contributed by atoms with van der Waals surface area (Å²) in [5.74, 6) is 0.399. The van der Waals surface area contributed by atoms with Crippen molar-refractivity contribution in [2.24, 2.45) is 0 Å². The zero-order valence-electron chi connectivity index (χ0n) is 12.9. The molecular weight excluding hydrogens is 282 g/mol. The van der Waals surface area contributed by atoms with Gasteiger partial charge in [-0.15, -0.1) is 0 Å². The summed E-state index contributed by atoms with van der Waals surface area (Å²) in [6, 6.07) is 25.5. The van der Waals surface area contributed by atoms with Crippen LogP contribution in [0.4, 0.5) is 0 Å². The van der Waals surface area contributed by atoms with Crippen molar-refractivity contribution in [1.82, 2.24) is 5.32 Å². The van der Waals surface area contributed by atoms with Gasteiger partial charge in [0, 0.05) is 18.4 Å². The van der Waals surface area contributed by atoms with E-state index in [4.69, 9.17) is 0 Å². The molecule has 2 heteroatoms. The molecule has 1 amide bonds. The third kappa shape index (κ3) is 2.85. The third-order valence-corrected chi connectivity index (χ3v) is 4.74. The monoisotopic (exact) mass is 301 g/mol. The van der Waals surface area contributed by atoms with Crippen molar-refractivity contribution in [3.63, 3.8) is 0 Å². The van der Waals surface area contributed by atoms with Gasteiger partial charge in [-0.25, -0.2) is 0 Å². The molecule has 2 nitrogen and oxygen atoms in total. The Morgan fingerprint density at radius 1 is 0.870 bits per heavy atom. The van der Waals surface area contributed by atoms with Crippen LogP contribution in [0.3, 0.4) is 0 Å². The molecule has 2 atom stereocenters. The number of hydrogen-bond donors (Lipinski definition) is 1. The Morgan fingerprint density at radius 3 is 2.43 bits per heavy atom. The molecule has 0 bridgehead atoms. The number of fused-ring (bicyclic) bond motifs is 1. The Balaban J connectivity index is 1.65. The highest BCUT2D eigenvalue weighted by Crippen LogP contribution is 2.32. The molecule has 3 aromatic carbocycles. The van der Waals surface area contributed by atoms with Crippen LogP contribution in [-0.2, 0) is 11.2 Å². The molecule has 1 fully saturated rings. The van der Waals surface area contributed by atoms with E-state index in [-0.39, 0.29) is 17.9 Å². The summed E-state index contributed by atoms with van der Waals surface area (Å²) >= 11 is 0. The zero-order valence-corrected chi connectivity index (χ0v) is 12.9. The molecule has 1 aliphatic heterocycles. The summed E-state index contributed by atoms with van der Waals surface area (Å²) in [4.78, 5) is 12.0. The van der Waals surface area contributed by atoms with Crippen LogP contribution in [0.5, 0.6) is 0 Å². The van der Waals surface area contributed by atoms with Crippen LogP contribution in [0.1, 0.15) is 23.5 Å². The van der Waals surface area contributed by atoms with Crippen molar-refractivity contribution >= 4 is 16.7 Å². The highest BCUT2D eigenvalue weighted by molar-refractivity contribution is 5.84. The van der Waals surface area contributed by atoms with Crippen LogP contribution >= 0.6 is 0 Å². The van der Waals surface area contributed by atoms with Crippen LogP contribution in [0.25, 0.3) is 10.8 Å². The van der Waals surface area contributed by atoms with Gasteiger partial charge in [0.2, 0.25) is 5.91 Å². The molecule has 2 unspecified atom stereocenters. The van der Waals surface area contributed by atoms with Crippen molar-refractivity contribution in [2.75, 3.05) is 0 Å². The molecule has 23 heavy (non-hydrogen) atoms. The maximum Gasteiger partial charge on any atom is 0.220 e. The van der Waals surface area contributed by atoms with E-state index < -0.39 is 0 Å². The molecule has 0 aliphatic carbocycles. The third-order valence-electron chi connectivity index (χ3n) is 4.74. The van der Waals surface area contributed by atoms with Gasteiger partial charge >= 0.3 is 0 Å². The van der Waals surface area contributed by atoms with Gasteiger partial charge in [-0.05, 0) is 28.3 Å². The van der Waals surface area contributed by atoms with Crippen LogP contribution in [-0.4, -0.2) is 11.9 Å². The lowest BCUT2D eigenvalue weighted by Gasteiger charge is -2.20. The lowest BCUT2D eigenvalue weighted by molar-refractivity contribution is -0.119. The first-order valence-electron chi connectivity index (χ1n) is 8.11. The van der Waals surface area contributed by atoms with Gasteiger partial charge in [-0.3, -0.25) is 4.79 Å². The number of benzene rings is 3. The summed E-state index contributed by atoms with van der Waals surface area (Å²) < 4.78 is 0. The molecule has 0 aromatic heterocycles. The standard InChI is InChI=1S/C21H19NO/c23-21-14-19(20(22-21)12-15-6-2-1-3-7-15)18-11-10-16-8-4-5-9-17(16)13-18/h1-11,13,19-20H,12,14H2,(H,22,23). The van der Waals surface area contributed by atoms with Gasteiger partial charge < -0.3 is 5.32 Å². The summed E-state index contributed by atoms with van der Waals surface area (Å²) in [6.07, 6.45) is 1.46. The van der Waals surface area contributed by atoms with E-state index in [2.05, 4.69) is 72.0 Å². The predicted molar refractivity (Wildman–Crippen MR) is 93.4 cm³/mol. The number of carbonyl (C=O) groups is 1. The van der Waals surface area contributed by atoms with E-state index in [1.807, 2.05) is 6.07 Å². The molecule has 1 heterocycles. The molecule has 4 rings (SSSR count). The second-order valence-corrected chi connectivity index (χ2v) is 6.28. The van der Waals surface area contributed by atoms with Crippen molar-refractivity contribution in [3.05, 3.63) is 83.9 Å². The lowest BCUT2D eigenvalue weighted by Crippen LogP contribution is -2.30. The van der Waals surface area contributed by atoms with Crippen molar-refractivity contribution in [2.45, 2.75) is 24.8 Å². The van der Waals surface area contributed by atoms with Crippen LogP contribution in [0.15, 0.2) is 72.8 Å². The maximum absolute atomic E-state index is 12.0. The smallest absolute Gasteiger partial charge is 0.220 e. The number of carbonyl (C=O) groups excluding carboxylic acids is 1. The number of amides is 1. The molecule has 0 radical (unpaired) electrons. The Bertz CT molecular complexity index is 841. The SMILES string of the molecule is O=C1CC(c2ccc3ccccc3c2)C(Cc2ccccc2)N1. The first-order chi connectivity index (χ1) is 11.3. The van der Waals surface area contributed by atoms with E-state index in [9.17, 15) is 4.79 Å². The van der Waals surface area contributed by atoms with E-state index >= 15 is 0 Å². The van der Waals surface area contributed by atoms with Crippen molar-refractivity contribution in [3.8, 4) is 0 Å². The minimum absolute atomic E-state index is 0.157. The van der Waals surface area contributed by atoms with Gasteiger partial charge in [0.25, 0.3) is 0 Å². The molecule has 1 N–H and O–H groups in total. The molecule has 1 saturated heterocycles. The van der Waals surface area contributed by atoms with Gasteiger partial charge in [0.1, 0.15) is 0 Å². The topological polar surface area (TPSA) is 29.1 Å². The van der Waals surface area contributed by atoms with E-state index in [0.29, 0.717) is 6.42 Å². The first kappa shape index (κ1) is 14.0. The van der Waals surface area contributed by atoms with Crippen LogP contribution in [0, 0.1) is 0 Å². The highest BCUT2D eigenvalue weighted by Gasteiger charge is 2.33. The second-order valence-electron chi connectivity index (χ2n) is 6.28. The number of rotatable bonds is 3. The summed E-state index contributed by atoms with van der Waals surface area (Å²) in [7, 11) is 0. The van der Waals surface area contributed by atoms with E-state index in [1.54, 1.807) is 0 Å². The average molecular weight is 301 g/mol. The number of hydrogen-bond acceptors (Lipinski definition) is 1. The van der Waals surface area contributed by atoms with Crippen LogP contribution in [0.2, 0.25) is 0 Å². The van der Waals surface area contributed by atoms with Gasteiger partial charge in [0.15, 0.2) is 0 Å². The minimum atomic E-state index is 0.157. The molecular formula is C21H19NO. The van der Waals surface area contributed by atoms with Gasteiger partial charge in [-0.1, -0.05) is 72.8 Å². The zero-order chi connectivity index (χ0) is 15.6. The maximum atomic E-state index is 12.0. The fourth-order valence-corrected chi connectivity index (χ4v) is 3.56. The normalized spacial score (nSPS) is 20.6. The minimum Gasteiger partial charge on any atom is -0.352 e. The average Bonchev–Trinajstić information content (AvgIpc) is 2.96. The Labute approximate surface area is 136 Å². The Hall–Kier alpha value is -2.61. The van der Waals surface area contributed by atoms with Gasteiger partial charge in [-0.2, -0.15) is 0 Å². The molecule has 3 aromatic rings. The highest BCUT2D eigenvalue weighted by atomic mass is 16.2. The fourth-order valence-electron chi connectivity index (χ4n) is 3.56. The lowest BCUT2D eigenvalue weighted by atomic mass is 9.87. The number of nitrogens with one attached hydrogen (secondary N) is 1. The van der Waals surface area contributed by atoms with E-state index in [0.717, 1.165) is 6.42 Å². The fraction of sp³-hybridized carbons (Fsp3) is 0.190. The van der Waals surface area contributed by atoms with E-state index in [1.165, 1.54) is 21.9 Å². The Morgan fingerprint density at radius 2 is 1.61 bits per heavy atom. The summed E-state index contributed by atoms with van der Waals surface area (Å²) in [5, 5.41) is 5.64. The molecule has 0 saturated carbocycles. The molecule has 114 valence electrons. The summed E-state index contributed by atoms with van der Waals surface area (Å²) in [5.41, 5.74) is 2.52. The first-order valence-corrected chi connectivity index (χ1v) is 8.11. The molecule has 1 aliphatic rings. The Kier molecular flexibility index (Phi) is 3.58. The van der Waals surface area contributed by atoms with Crippen LogP contribution < -0.4 is 5.32 Å². The summed E-state index contributed by atoms with van der Waals surface area (Å²) in [6.45, 7) is 0. The predicted octanol–water partition coefficient (Wildman–Crippen LogP) is 4.05. The van der Waals surface area contributed by atoms with Gasteiger partial charge in [0.05, 0.1) is 0 Å².